The molecule has 0 bridgehead atoms. The van der Waals surface area contributed by atoms with Gasteiger partial charge in [-0.25, -0.2) is 4.39 Å². The number of halogens is 1. The highest BCUT2D eigenvalue weighted by Crippen LogP contribution is 2.33. The molecule has 2 aromatic rings. The van der Waals surface area contributed by atoms with Crippen LogP contribution >= 0.6 is 0 Å². The summed E-state index contributed by atoms with van der Waals surface area (Å²) in [6, 6.07) is 6.56. The molecule has 0 saturated carbocycles. The van der Waals surface area contributed by atoms with E-state index in [1.165, 1.54) is 6.07 Å². The van der Waals surface area contributed by atoms with Gasteiger partial charge in [0, 0.05) is 11.3 Å². The van der Waals surface area contributed by atoms with Crippen molar-refractivity contribution in [1.29, 1.82) is 5.26 Å². The van der Waals surface area contributed by atoms with Gasteiger partial charge in [0.1, 0.15) is 17.5 Å². The smallest absolute Gasteiger partial charge is 0.314 e. The van der Waals surface area contributed by atoms with Crippen molar-refractivity contribution in [2.24, 2.45) is 0 Å². The fraction of sp³-hybridized carbons (Fsp3) is 0.421. The van der Waals surface area contributed by atoms with Gasteiger partial charge in [0.2, 0.25) is 0 Å². The fourth-order valence-corrected chi connectivity index (χ4v) is 2.81. The summed E-state index contributed by atoms with van der Waals surface area (Å²) in [5.74, 6) is -1.60. The van der Waals surface area contributed by atoms with Gasteiger partial charge in [0.25, 0.3) is 0 Å². The summed E-state index contributed by atoms with van der Waals surface area (Å²) >= 11 is 0. The van der Waals surface area contributed by atoms with Crippen LogP contribution in [0.1, 0.15) is 56.9 Å². The Labute approximate surface area is 141 Å². The molecule has 1 heterocycles. The summed E-state index contributed by atoms with van der Waals surface area (Å²) in [6.07, 6.45) is 0.437. The highest BCUT2D eigenvalue weighted by molar-refractivity contribution is 5.90. The standard InChI is InChI=1S/C19H21FN2O2/c1-6-12(18(23)24-19(3,4)5)16-11(2)22-15-9-7-8-14(20)17(15)13(16)10-21/h7-9,12H,6H2,1-5H3. The molecule has 24 heavy (non-hydrogen) atoms. The number of carbonyl (C=O) groups is 1. The van der Waals surface area contributed by atoms with Crippen molar-refractivity contribution in [2.45, 2.75) is 52.6 Å². The Bertz CT molecular complexity index is 832. The molecule has 0 aliphatic carbocycles. The molecule has 1 atom stereocenters. The van der Waals surface area contributed by atoms with E-state index in [1.54, 1.807) is 39.8 Å². The maximum atomic E-state index is 14.3. The number of benzene rings is 1. The van der Waals surface area contributed by atoms with E-state index in [-0.39, 0.29) is 10.9 Å². The first kappa shape index (κ1) is 17.9. The van der Waals surface area contributed by atoms with E-state index in [0.717, 1.165) is 0 Å². The Hall–Kier alpha value is -2.48. The zero-order chi connectivity index (χ0) is 18.1. The number of esters is 1. The van der Waals surface area contributed by atoms with Gasteiger partial charge in [-0.1, -0.05) is 13.0 Å². The van der Waals surface area contributed by atoms with E-state index >= 15 is 0 Å². The van der Waals surface area contributed by atoms with Crippen LogP contribution in [0.3, 0.4) is 0 Å². The van der Waals surface area contributed by atoms with Gasteiger partial charge in [0.05, 0.1) is 22.4 Å². The summed E-state index contributed by atoms with van der Waals surface area (Å²) < 4.78 is 19.7. The van der Waals surface area contributed by atoms with Crippen molar-refractivity contribution in [3.8, 4) is 6.07 Å². The number of hydrogen-bond acceptors (Lipinski definition) is 4. The maximum absolute atomic E-state index is 14.3. The Balaban J connectivity index is 2.70. The topological polar surface area (TPSA) is 63.0 Å². The van der Waals surface area contributed by atoms with Crippen molar-refractivity contribution in [3.63, 3.8) is 0 Å². The minimum absolute atomic E-state index is 0.155. The second-order valence-corrected chi connectivity index (χ2v) is 6.73. The van der Waals surface area contributed by atoms with Crippen LogP contribution in [0, 0.1) is 24.1 Å². The van der Waals surface area contributed by atoms with Crippen molar-refractivity contribution < 1.29 is 13.9 Å². The SMILES string of the molecule is CCC(C(=O)OC(C)(C)C)c1c(C)nc2cccc(F)c2c1C#N. The molecule has 0 saturated heterocycles. The lowest BCUT2D eigenvalue weighted by atomic mass is 9.89. The van der Waals surface area contributed by atoms with Gasteiger partial charge in [-0.05, 0) is 46.2 Å². The molecule has 4 nitrogen and oxygen atoms in total. The number of nitrogens with zero attached hydrogens (tertiary/aromatic N) is 2. The van der Waals surface area contributed by atoms with Crippen molar-refractivity contribution in [1.82, 2.24) is 4.98 Å². The predicted molar refractivity (Wildman–Crippen MR) is 90.0 cm³/mol. The minimum atomic E-state index is -0.657. The van der Waals surface area contributed by atoms with Gasteiger partial charge in [-0.15, -0.1) is 0 Å². The highest BCUT2D eigenvalue weighted by atomic mass is 19.1. The van der Waals surface area contributed by atoms with Crippen molar-refractivity contribution >= 4 is 16.9 Å². The number of hydrogen-bond donors (Lipinski definition) is 0. The van der Waals surface area contributed by atoms with Crippen LogP contribution in [0.15, 0.2) is 18.2 Å². The van der Waals surface area contributed by atoms with Gasteiger partial charge >= 0.3 is 5.97 Å². The van der Waals surface area contributed by atoms with Crippen LogP contribution in [0.25, 0.3) is 10.9 Å². The van der Waals surface area contributed by atoms with E-state index in [1.807, 2.05) is 6.92 Å². The number of pyridine rings is 1. The van der Waals surface area contributed by atoms with Crippen LogP contribution in [0.2, 0.25) is 0 Å². The van der Waals surface area contributed by atoms with Crippen LogP contribution in [0.5, 0.6) is 0 Å². The molecule has 1 aromatic carbocycles. The molecule has 2 rings (SSSR count). The zero-order valence-corrected chi connectivity index (χ0v) is 14.6. The first-order chi connectivity index (χ1) is 11.2. The first-order valence-electron chi connectivity index (χ1n) is 7.91. The number of carbonyl (C=O) groups excluding carboxylic acids is 1. The third-order valence-corrected chi connectivity index (χ3v) is 3.75. The normalized spacial score (nSPS) is 12.7. The average Bonchev–Trinajstić information content (AvgIpc) is 2.47. The second kappa shape index (κ2) is 6.56. The minimum Gasteiger partial charge on any atom is -0.459 e. The number of aryl methyl sites for hydroxylation is 1. The molecule has 0 N–H and O–H groups in total. The second-order valence-electron chi connectivity index (χ2n) is 6.73. The third kappa shape index (κ3) is 3.38. The predicted octanol–water partition coefficient (Wildman–Crippen LogP) is 4.39. The molecule has 126 valence electrons. The molecule has 0 radical (unpaired) electrons. The van der Waals surface area contributed by atoms with Crippen LogP contribution < -0.4 is 0 Å². The number of aromatic nitrogens is 1. The van der Waals surface area contributed by atoms with Gasteiger partial charge in [-0.3, -0.25) is 9.78 Å². The lowest BCUT2D eigenvalue weighted by molar-refractivity contribution is -0.156. The van der Waals surface area contributed by atoms with E-state index < -0.39 is 23.3 Å². The van der Waals surface area contributed by atoms with E-state index in [9.17, 15) is 14.4 Å². The molecule has 0 amide bonds. The number of fused-ring (bicyclic) bond motifs is 1. The molecule has 1 unspecified atom stereocenters. The average molecular weight is 328 g/mol. The summed E-state index contributed by atoms with van der Waals surface area (Å²) in [4.78, 5) is 17.0. The molecule has 0 spiro atoms. The Kier molecular flexibility index (Phi) is 4.88. The highest BCUT2D eigenvalue weighted by Gasteiger charge is 2.30. The Morgan fingerprint density at radius 2 is 2.08 bits per heavy atom. The summed E-state index contributed by atoms with van der Waals surface area (Å²) in [5, 5.41) is 9.78. The molecule has 0 aliphatic heterocycles. The van der Waals surface area contributed by atoms with E-state index in [4.69, 9.17) is 4.74 Å². The maximum Gasteiger partial charge on any atom is 0.314 e. The van der Waals surface area contributed by atoms with Gasteiger partial charge in [0.15, 0.2) is 0 Å². The largest absolute Gasteiger partial charge is 0.459 e. The number of rotatable bonds is 3. The number of ether oxygens (including phenoxy) is 1. The first-order valence-corrected chi connectivity index (χ1v) is 7.91. The lowest BCUT2D eigenvalue weighted by Gasteiger charge is -2.25. The van der Waals surface area contributed by atoms with Crippen LogP contribution in [-0.2, 0) is 9.53 Å². The van der Waals surface area contributed by atoms with Gasteiger partial charge in [-0.2, -0.15) is 5.26 Å². The molecule has 0 aliphatic rings. The summed E-state index contributed by atoms with van der Waals surface area (Å²) in [7, 11) is 0. The molecular formula is C19H21FN2O2. The van der Waals surface area contributed by atoms with Gasteiger partial charge < -0.3 is 4.74 Å². The van der Waals surface area contributed by atoms with E-state index in [2.05, 4.69) is 11.1 Å². The summed E-state index contributed by atoms with van der Waals surface area (Å²) in [6.45, 7) is 8.92. The molecule has 1 aromatic heterocycles. The van der Waals surface area contributed by atoms with Crippen molar-refractivity contribution in [3.05, 3.63) is 40.8 Å². The Morgan fingerprint density at radius 1 is 1.42 bits per heavy atom. The molecule has 5 heteroatoms. The Morgan fingerprint density at radius 3 is 2.62 bits per heavy atom. The zero-order valence-electron chi connectivity index (χ0n) is 14.6. The van der Waals surface area contributed by atoms with Crippen LogP contribution in [0.4, 0.5) is 4.39 Å². The van der Waals surface area contributed by atoms with E-state index in [0.29, 0.717) is 23.2 Å². The molecular weight excluding hydrogens is 307 g/mol. The van der Waals surface area contributed by atoms with Crippen molar-refractivity contribution in [2.75, 3.05) is 0 Å². The monoisotopic (exact) mass is 328 g/mol. The third-order valence-electron chi connectivity index (χ3n) is 3.75. The van der Waals surface area contributed by atoms with Crippen LogP contribution in [-0.4, -0.2) is 16.6 Å². The lowest BCUT2D eigenvalue weighted by Crippen LogP contribution is -2.28. The fourth-order valence-electron chi connectivity index (χ4n) is 2.81. The summed E-state index contributed by atoms with van der Waals surface area (Å²) in [5.41, 5.74) is 0.926. The number of nitriles is 1. The quantitative estimate of drug-likeness (QED) is 0.784. The molecule has 0 fully saturated rings.